The Morgan fingerprint density at radius 3 is 2.64 bits per heavy atom. The van der Waals surface area contributed by atoms with Gasteiger partial charge in [-0.25, -0.2) is 0 Å². The fourth-order valence-corrected chi connectivity index (χ4v) is 2.85. The van der Waals surface area contributed by atoms with Crippen molar-refractivity contribution in [2.75, 3.05) is 19.3 Å². The normalized spacial score (nSPS) is 10.1. The van der Waals surface area contributed by atoms with Crippen LogP contribution in [0.15, 0.2) is 29.2 Å². The van der Waals surface area contributed by atoms with Gasteiger partial charge in [-0.3, -0.25) is 4.79 Å². The average molecular weight is 227 g/mol. The van der Waals surface area contributed by atoms with Crippen molar-refractivity contribution in [3.63, 3.8) is 0 Å². The Morgan fingerprint density at radius 1 is 1.36 bits per heavy atom. The van der Waals surface area contributed by atoms with E-state index in [-0.39, 0.29) is 0 Å². The van der Waals surface area contributed by atoms with Gasteiger partial charge in [0.15, 0.2) is 0 Å². The first-order valence-electron chi connectivity index (χ1n) is 4.36. The van der Waals surface area contributed by atoms with Crippen LogP contribution >= 0.6 is 21.6 Å². The highest BCUT2D eigenvalue weighted by Crippen LogP contribution is 2.30. The van der Waals surface area contributed by atoms with Crippen molar-refractivity contribution < 1.29 is 4.79 Å². The van der Waals surface area contributed by atoms with E-state index >= 15 is 0 Å². The Kier molecular flexibility index (Phi) is 5.75. The quantitative estimate of drug-likeness (QED) is 0.459. The summed E-state index contributed by atoms with van der Waals surface area (Å²) in [5, 5.41) is 3.09. The van der Waals surface area contributed by atoms with Gasteiger partial charge in [-0.15, -0.1) is 0 Å². The van der Waals surface area contributed by atoms with Crippen molar-refractivity contribution in [2.24, 2.45) is 0 Å². The maximum absolute atomic E-state index is 10.4. The van der Waals surface area contributed by atoms with Gasteiger partial charge in [0.2, 0.25) is 0 Å². The van der Waals surface area contributed by atoms with Gasteiger partial charge in [0.25, 0.3) is 0 Å². The van der Waals surface area contributed by atoms with E-state index in [1.165, 1.54) is 4.90 Å². The third-order valence-electron chi connectivity index (χ3n) is 1.61. The number of carbonyl (C=O) groups excluding carboxylic acids is 1. The van der Waals surface area contributed by atoms with Gasteiger partial charge in [0.05, 0.1) is 0 Å². The van der Waals surface area contributed by atoms with Gasteiger partial charge >= 0.3 is 0 Å². The topological polar surface area (TPSA) is 29.1 Å². The Labute approximate surface area is 92.2 Å². The minimum Gasteiger partial charge on any atom is -0.319 e. The lowest BCUT2D eigenvalue weighted by molar-refractivity contribution is 0.112. The molecule has 0 aliphatic rings. The largest absolute Gasteiger partial charge is 0.319 e. The minimum absolute atomic E-state index is 0.731. The molecule has 0 amide bonds. The van der Waals surface area contributed by atoms with Crippen molar-refractivity contribution in [3.05, 3.63) is 29.8 Å². The summed E-state index contributed by atoms with van der Waals surface area (Å²) in [7, 11) is 5.50. The van der Waals surface area contributed by atoms with Crippen LogP contribution in [0.5, 0.6) is 0 Å². The maximum atomic E-state index is 10.4. The minimum atomic E-state index is 0.731. The zero-order valence-electron chi connectivity index (χ0n) is 8.03. The molecule has 0 saturated carbocycles. The molecule has 0 heterocycles. The molecule has 1 rings (SSSR count). The van der Waals surface area contributed by atoms with Gasteiger partial charge in [0.1, 0.15) is 6.29 Å². The first-order chi connectivity index (χ1) is 6.86. The van der Waals surface area contributed by atoms with Crippen LogP contribution < -0.4 is 5.32 Å². The third kappa shape index (κ3) is 4.17. The number of hydrogen-bond acceptors (Lipinski definition) is 4. The van der Waals surface area contributed by atoms with Crippen molar-refractivity contribution in [3.8, 4) is 0 Å². The van der Waals surface area contributed by atoms with Gasteiger partial charge in [0, 0.05) is 22.8 Å². The summed E-state index contributed by atoms with van der Waals surface area (Å²) in [5.41, 5.74) is 0.731. The van der Waals surface area contributed by atoms with Gasteiger partial charge < -0.3 is 5.32 Å². The molecule has 1 aromatic rings. The summed E-state index contributed by atoms with van der Waals surface area (Å²) in [6, 6.07) is 7.63. The number of nitrogens with one attached hydrogen (secondary N) is 1. The first-order valence-corrected chi connectivity index (χ1v) is 6.68. The van der Waals surface area contributed by atoms with E-state index in [9.17, 15) is 4.79 Å². The van der Waals surface area contributed by atoms with E-state index in [0.717, 1.165) is 24.1 Å². The maximum Gasteiger partial charge on any atom is 0.150 e. The van der Waals surface area contributed by atoms with Crippen molar-refractivity contribution in [2.45, 2.75) is 4.90 Å². The molecule has 0 aliphatic heterocycles. The standard InChI is InChI=1S/C10H13NOS2/c1-11-6-7-13-14-10-4-2-9(8-12)3-5-10/h2-5,8,11H,6-7H2,1H3. The molecule has 0 unspecified atom stereocenters. The fourth-order valence-electron chi connectivity index (χ4n) is 0.855. The highest BCUT2D eigenvalue weighted by atomic mass is 33.1. The van der Waals surface area contributed by atoms with Crippen LogP contribution in [0.25, 0.3) is 0 Å². The number of rotatable bonds is 6. The van der Waals surface area contributed by atoms with Crippen molar-refractivity contribution >= 4 is 27.9 Å². The van der Waals surface area contributed by atoms with Crippen molar-refractivity contribution in [1.82, 2.24) is 5.32 Å². The summed E-state index contributed by atoms with van der Waals surface area (Å²) in [6.07, 6.45) is 0.864. The van der Waals surface area contributed by atoms with Gasteiger partial charge in [-0.2, -0.15) is 0 Å². The Hall–Kier alpha value is -0.450. The monoisotopic (exact) mass is 227 g/mol. The molecule has 0 aromatic heterocycles. The summed E-state index contributed by atoms with van der Waals surface area (Å²) in [5.74, 6) is 1.08. The molecular weight excluding hydrogens is 214 g/mol. The lowest BCUT2D eigenvalue weighted by Gasteiger charge is -2.00. The molecule has 2 nitrogen and oxygen atoms in total. The second kappa shape index (κ2) is 6.92. The van der Waals surface area contributed by atoms with Crippen LogP contribution in [0.3, 0.4) is 0 Å². The zero-order valence-corrected chi connectivity index (χ0v) is 9.66. The predicted octanol–water partition coefficient (Wildman–Crippen LogP) is 2.46. The number of aldehydes is 1. The number of hydrogen-bond donors (Lipinski definition) is 1. The number of carbonyl (C=O) groups is 1. The molecule has 76 valence electrons. The van der Waals surface area contributed by atoms with E-state index < -0.39 is 0 Å². The lowest BCUT2D eigenvalue weighted by atomic mass is 10.2. The molecule has 4 heteroatoms. The van der Waals surface area contributed by atoms with Gasteiger partial charge in [-0.1, -0.05) is 33.7 Å². The van der Waals surface area contributed by atoms with Crippen molar-refractivity contribution in [1.29, 1.82) is 0 Å². The molecular formula is C10H13NOS2. The van der Waals surface area contributed by atoms with E-state index in [4.69, 9.17) is 0 Å². The molecule has 0 saturated heterocycles. The molecule has 1 aromatic carbocycles. The highest BCUT2D eigenvalue weighted by Gasteiger charge is 1.94. The fraction of sp³-hybridized carbons (Fsp3) is 0.300. The Balaban J connectivity index is 2.32. The molecule has 0 radical (unpaired) electrons. The van der Waals surface area contributed by atoms with Crippen LogP contribution in [0, 0.1) is 0 Å². The average Bonchev–Trinajstić information content (AvgIpc) is 2.25. The summed E-state index contributed by atoms with van der Waals surface area (Å²) in [6.45, 7) is 1.02. The predicted molar refractivity (Wildman–Crippen MR) is 64.1 cm³/mol. The zero-order chi connectivity index (χ0) is 10.2. The van der Waals surface area contributed by atoms with E-state index in [1.807, 2.05) is 42.1 Å². The third-order valence-corrected chi connectivity index (χ3v) is 3.99. The van der Waals surface area contributed by atoms with E-state index in [0.29, 0.717) is 0 Å². The smallest absolute Gasteiger partial charge is 0.150 e. The molecule has 0 aliphatic carbocycles. The SMILES string of the molecule is CNCCSSc1ccc(C=O)cc1. The summed E-state index contributed by atoms with van der Waals surface area (Å²) >= 11 is 0. The van der Waals surface area contributed by atoms with Crippen LogP contribution in [0.1, 0.15) is 10.4 Å². The van der Waals surface area contributed by atoms with Crippen LogP contribution in [-0.2, 0) is 0 Å². The second-order valence-corrected chi connectivity index (χ2v) is 5.18. The second-order valence-electron chi connectivity index (χ2n) is 2.70. The van der Waals surface area contributed by atoms with Crippen LogP contribution in [0.4, 0.5) is 0 Å². The molecule has 1 N–H and O–H groups in total. The van der Waals surface area contributed by atoms with E-state index in [1.54, 1.807) is 10.8 Å². The highest BCUT2D eigenvalue weighted by molar-refractivity contribution is 8.76. The molecule has 0 fully saturated rings. The first kappa shape index (κ1) is 11.6. The molecule has 0 spiro atoms. The summed E-state index contributed by atoms with van der Waals surface area (Å²) in [4.78, 5) is 11.6. The molecule has 14 heavy (non-hydrogen) atoms. The van der Waals surface area contributed by atoms with Gasteiger partial charge in [-0.05, 0) is 19.2 Å². The number of benzene rings is 1. The molecule has 0 atom stereocenters. The Morgan fingerprint density at radius 2 is 2.07 bits per heavy atom. The molecule has 0 bridgehead atoms. The Bertz CT molecular complexity index is 274. The lowest BCUT2D eigenvalue weighted by Crippen LogP contribution is -2.08. The van der Waals surface area contributed by atoms with Crippen LogP contribution in [0.2, 0.25) is 0 Å². The summed E-state index contributed by atoms with van der Waals surface area (Å²) < 4.78 is 0. The van der Waals surface area contributed by atoms with E-state index in [2.05, 4.69) is 5.32 Å². The van der Waals surface area contributed by atoms with Crippen LogP contribution in [-0.4, -0.2) is 25.6 Å².